The Morgan fingerprint density at radius 1 is 0.867 bits per heavy atom. The smallest absolute Gasteiger partial charge is 0.341 e. The van der Waals surface area contributed by atoms with E-state index in [1.165, 1.54) is 14.2 Å². The number of cyclic esters (lactones) is 1. The van der Waals surface area contributed by atoms with E-state index >= 15 is 0 Å². The summed E-state index contributed by atoms with van der Waals surface area (Å²) in [5.41, 5.74) is 2.76. The van der Waals surface area contributed by atoms with Gasteiger partial charge in [0.2, 0.25) is 25.1 Å². The van der Waals surface area contributed by atoms with Crippen LogP contribution < -0.4 is 28.4 Å². The third-order valence-corrected chi connectivity index (χ3v) is 5.35. The molecule has 1 aromatic heterocycles. The molecule has 0 fully saturated rings. The fraction of sp³-hybridized carbons (Fsp3) is 0.238. The summed E-state index contributed by atoms with van der Waals surface area (Å²) in [6.07, 6.45) is 0. The average molecular weight is 409 g/mol. The van der Waals surface area contributed by atoms with E-state index in [4.69, 9.17) is 33.2 Å². The van der Waals surface area contributed by atoms with Crippen molar-refractivity contribution in [3.8, 4) is 45.6 Å². The van der Waals surface area contributed by atoms with Crippen LogP contribution in [0, 0.1) is 0 Å². The lowest BCUT2D eigenvalue weighted by Gasteiger charge is -2.17. The zero-order valence-corrected chi connectivity index (χ0v) is 16.1. The highest BCUT2D eigenvalue weighted by atomic mass is 16.7. The molecule has 0 radical (unpaired) electrons. The number of esters is 1. The molecule has 4 heterocycles. The van der Waals surface area contributed by atoms with Crippen molar-refractivity contribution in [1.82, 2.24) is 4.98 Å². The maximum Gasteiger partial charge on any atom is 0.341 e. The van der Waals surface area contributed by atoms with E-state index in [1.54, 1.807) is 12.1 Å². The number of aromatic nitrogens is 1. The summed E-state index contributed by atoms with van der Waals surface area (Å²) in [6, 6.07) is 5.36. The van der Waals surface area contributed by atoms with E-state index in [-0.39, 0.29) is 20.2 Å². The topological polar surface area (TPSA) is 94.6 Å². The minimum absolute atomic E-state index is 0.0431. The first kappa shape index (κ1) is 17.0. The van der Waals surface area contributed by atoms with Gasteiger partial charge in [0.25, 0.3) is 0 Å². The van der Waals surface area contributed by atoms with E-state index in [0.29, 0.717) is 67.8 Å². The second-order valence-corrected chi connectivity index (χ2v) is 6.83. The summed E-state index contributed by atoms with van der Waals surface area (Å²) >= 11 is 0. The van der Waals surface area contributed by atoms with Crippen molar-refractivity contribution in [2.45, 2.75) is 6.61 Å². The maximum atomic E-state index is 12.7. The van der Waals surface area contributed by atoms with Gasteiger partial charge in [0.15, 0.2) is 23.0 Å². The number of carbonyl (C=O) groups excluding carboxylic acids is 1. The standard InChI is InChI=1S/C21H15NO8/c1-24-15-4-10(18(25-2)20-19(15)29-8-30-20)16-9-3-13-14(28-7-27-13)5-11(9)22-12-6-26-21(23)17(12)16/h3-5H,6-8H2,1-2H3. The van der Waals surface area contributed by atoms with Crippen molar-refractivity contribution in [1.29, 1.82) is 0 Å². The fourth-order valence-electron chi connectivity index (χ4n) is 4.07. The molecule has 2 aromatic carbocycles. The second kappa shape index (κ2) is 6.06. The van der Waals surface area contributed by atoms with Gasteiger partial charge in [0.05, 0.1) is 31.0 Å². The Hall–Kier alpha value is -3.88. The molecule has 0 bridgehead atoms. The zero-order valence-electron chi connectivity index (χ0n) is 16.1. The van der Waals surface area contributed by atoms with Crippen LogP contribution in [-0.2, 0) is 11.3 Å². The predicted octanol–water partition coefficient (Wildman–Crippen LogP) is 3.05. The van der Waals surface area contributed by atoms with Gasteiger partial charge in [-0.15, -0.1) is 0 Å². The molecule has 0 spiro atoms. The number of carbonyl (C=O) groups is 1. The number of rotatable bonds is 3. The van der Waals surface area contributed by atoms with E-state index in [2.05, 4.69) is 4.98 Å². The van der Waals surface area contributed by atoms with E-state index in [9.17, 15) is 4.79 Å². The lowest BCUT2D eigenvalue weighted by atomic mass is 9.93. The average Bonchev–Trinajstić information content (AvgIpc) is 3.49. The molecular weight excluding hydrogens is 394 g/mol. The van der Waals surface area contributed by atoms with Crippen molar-refractivity contribution in [3.63, 3.8) is 0 Å². The number of hydrogen-bond donors (Lipinski definition) is 0. The van der Waals surface area contributed by atoms with Crippen LogP contribution in [0.4, 0.5) is 0 Å². The molecule has 0 N–H and O–H groups in total. The van der Waals surface area contributed by atoms with Crippen LogP contribution in [0.25, 0.3) is 22.0 Å². The highest BCUT2D eigenvalue weighted by molar-refractivity contribution is 6.11. The molecule has 0 amide bonds. The highest BCUT2D eigenvalue weighted by Crippen LogP contribution is 2.54. The van der Waals surface area contributed by atoms with Crippen LogP contribution in [0.5, 0.6) is 34.5 Å². The van der Waals surface area contributed by atoms with Crippen molar-refractivity contribution < 1.29 is 38.0 Å². The molecular formula is C21H15NO8. The lowest BCUT2D eigenvalue weighted by Crippen LogP contribution is -2.02. The third kappa shape index (κ3) is 2.17. The molecule has 0 aliphatic carbocycles. The lowest BCUT2D eigenvalue weighted by molar-refractivity contribution is 0.0534. The molecule has 9 nitrogen and oxygen atoms in total. The minimum Gasteiger partial charge on any atom is -0.493 e. The molecule has 152 valence electrons. The van der Waals surface area contributed by atoms with Crippen LogP contribution in [0.15, 0.2) is 18.2 Å². The Kier molecular flexibility index (Phi) is 3.44. The van der Waals surface area contributed by atoms with Gasteiger partial charge in [-0.05, 0) is 12.1 Å². The molecule has 6 rings (SSSR count). The van der Waals surface area contributed by atoms with Crippen LogP contribution >= 0.6 is 0 Å². The third-order valence-electron chi connectivity index (χ3n) is 5.35. The zero-order chi connectivity index (χ0) is 20.4. The molecule has 3 aliphatic rings. The quantitative estimate of drug-likeness (QED) is 0.605. The predicted molar refractivity (Wildman–Crippen MR) is 102 cm³/mol. The van der Waals surface area contributed by atoms with Crippen molar-refractivity contribution >= 4 is 16.9 Å². The first-order valence-corrected chi connectivity index (χ1v) is 9.18. The molecule has 0 atom stereocenters. The largest absolute Gasteiger partial charge is 0.493 e. The molecule has 30 heavy (non-hydrogen) atoms. The van der Waals surface area contributed by atoms with Crippen molar-refractivity contribution in [2.24, 2.45) is 0 Å². The van der Waals surface area contributed by atoms with Crippen LogP contribution in [0.1, 0.15) is 16.1 Å². The summed E-state index contributed by atoms with van der Waals surface area (Å²) in [4.78, 5) is 17.3. The second-order valence-electron chi connectivity index (χ2n) is 6.83. The normalized spacial score (nSPS) is 15.3. The van der Waals surface area contributed by atoms with Gasteiger partial charge in [-0.3, -0.25) is 0 Å². The van der Waals surface area contributed by atoms with Crippen molar-refractivity contribution in [2.75, 3.05) is 27.8 Å². The number of pyridine rings is 1. The number of benzene rings is 2. The Labute approximate surface area is 170 Å². The highest BCUT2D eigenvalue weighted by Gasteiger charge is 2.35. The summed E-state index contributed by atoms with van der Waals surface area (Å²) in [6.45, 7) is 0.265. The molecule has 0 unspecified atom stereocenters. The summed E-state index contributed by atoms with van der Waals surface area (Å²) in [5, 5.41) is 0.691. The summed E-state index contributed by atoms with van der Waals surface area (Å²) in [7, 11) is 3.07. The minimum atomic E-state index is -0.453. The molecule has 0 saturated carbocycles. The number of hydrogen-bond acceptors (Lipinski definition) is 9. The van der Waals surface area contributed by atoms with E-state index in [1.807, 2.05) is 6.07 Å². The SMILES string of the molecule is COc1cc(-c2c3c(nc4cc5c(cc24)OCO5)COC3=O)c(OC)c2c1OCO2. The monoisotopic (exact) mass is 409 g/mol. The Bertz CT molecular complexity index is 1250. The Balaban J connectivity index is 1.75. The first-order chi connectivity index (χ1) is 14.7. The Morgan fingerprint density at radius 2 is 1.63 bits per heavy atom. The first-order valence-electron chi connectivity index (χ1n) is 9.18. The van der Waals surface area contributed by atoms with E-state index in [0.717, 1.165) is 0 Å². The van der Waals surface area contributed by atoms with Crippen LogP contribution in [-0.4, -0.2) is 38.8 Å². The fourth-order valence-corrected chi connectivity index (χ4v) is 4.07. The van der Waals surface area contributed by atoms with Gasteiger partial charge in [-0.1, -0.05) is 0 Å². The van der Waals surface area contributed by atoms with Crippen LogP contribution in [0.3, 0.4) is 0 Å². The van der Waals surface area contributed by atoms with Gasteiger partial charge in [-0.25, -0.2) is 9.78 Å². The number of fused-ring (bicyclic) bond motifs is 4. The maximum absolute atomic E-state index is 12.7. The van der Waals surface area contributed by atoms with E-state index < -0.39 is 5.97 Å². The molecule has 3 aromatic rings. The van der Waals surface area contributed by atoms with Gasteiger partial charge < -0.3 is 33.2 Å². The van der Waals surface area contributed by atoms with Crippen molar-refractivity contribution in [3.05, 3.63) is 29.5 Å². The Morgan fingerprint density at radius 3 is 2.43 bits per heavy atom. The van der Waals surface area contributed by atoms with Gasteiger partial charge >= 0.3 is 5.97 Å². The van der Waals surface area contributed by atoms with Crippen LogP contribution in [0.2, 0.25) is 0 Å². The summed E-state index contributed by atoms with van der Waals surface area (Å²) < 4.78 is 38.7. The van der Waals surface area contributed by atoms with Gasteiger partial charge in [0.1, 0.15) is 6.61 Å². The number of ether oxygens (including phenoxy) is 7. The van der Waals surface area contributed by atoms with Gasteiger partial charge in [0, 0.05) is 22.6 Å². The summed E-state index contributed by atoms with van der Waals surface area (Å²) in [5.74, 6) is 2.47. The number of methoxy groups -OCH3 is 2. The molecule has 0 saturated heterocycles. The number of nitrogens with zero attached hydrogens (tertiary/aromatic N) is 1. The molecule has 3 aliphatic heterocycles. The van der Waals surface area contributed by atoms with Gasteiger partial charge in [-0.2, -0.15) is 0 Å². The molecule has 9 heteroatoms.